The summed E-state index contributed by atoms with van der Waals surface area (Å²) >= 11 is 8.77. The van der Waals surface area contributed by atoms with Crippen LogP contribution >= 0.6 is 45.5 Å². The van der Waals surface area contributed by atoms with Gasteiger partial charge in [0.05, 0.1) is 19.7 Å². The molecule has 2 heterocycles. The number of halogens is 2. The minimum absolute atomic E-state index is 0.0276. The first-order chi connectivity index (χ1) is 10.1. The van der Waals surface area contributed by atoms with Crippen LogP contribution in [0.2, 0.25) is 5.02 Å². The summed E-state index contributed by atoms with van der Waals surface area (Å²) in [6, 6.07) is 1.32. The molecule has 22 heavy (non-hydrogen) atoms. The molecule has 1 aromatic rings. The lowest BCUT2D eigenvalue weighted by molar-refractivity contribution is -0.156. The molecule has 11 heteroatoms. The second kappa shape index (κ2) is 6.59. The third-order valence-electron chi connectivity index (χ3n) is 3.43. The topological polar surface area (TPSA) is 112 Å². The van der Waals surface area contributed by atoms with Gasteiger partial charge in [-0.15, -0.1) is 11.3 Å². The molecule has 122 valence electrons. The van der Waals surface area contributed by atoms with Gasteiger partial charge in [-0.25, -0.2) is 8.42 Å². The summed E-state index contributed by atoms with van der Waals surface area (Å²) in [7, 11) is -3.87. The molecule has 0 amide bonds. The van der Waals surface area contributed by atoms with Gasteiger partial charge in [-0.2, -0.15) is 4.31 Å². The standard InChI is InChI=1S/C11H11ClINO6S2/c12-7-3-8(21-9(7)13)22(19,20)14-2-1-5(10(15)16)6(4-14)11(17)18/h3,5-6H,1-2,4H2,(H,15,16)(H,17,18). The average molecular weight is 480 g/mol. The first-order valence-electron chi connectivity index (χ1n) is 6.05. The molecule has 0 radical (unpaired) electrons. The fourth-order valence-electron chi connectivity index (χ4n) is 2.27. The van der Waals surface area contributed by atoms with E-state index in [1.165, 1.54) is 6.07 Å². The number of thiophene rings is 1. The van der Waals surface area contributed by atoms with E-state index in [9.17, 15) is 18.0 Å². The van der Waals surface area contributed by atoms with Crippen molar-refractivity contribution >= 4 is 67.5 Å². The zero-order chi connectivity index (χ0) is 16.7. The Kier molecular flexibility index (Phi) is 5.37. The zero-order valence-electron chi connectivity index (χ0n) is 10.9. The number of hydrogen-bond acceptors (Lipinski definition) is 5. The SMILES string of the molecule is O=C(O)C1CCN(S(=O)(=O)c2cc(Cl)c(I)s2)CC1C(=O)O. The molecule has 1 fully saturated rings. The number of hydrogen-bond donors (Lipinski definition) is 2. The Morgan fingerprint density at radius 3 is 2.36 bits per heavy atom. The smallest absolute Gasteiger partial charge is 0.308 e. The summed E-state index contributed by atoms with van der Waals surface area (Å²) in [5, 5.41) is 18.5. The van der Waals surface area contributed by atoms with Crippen molar-refractivity contribution in [1.82, 2.24) is 4.31 Å². The van der Waals surface area contributed by atoms with Gasteiger partial charge in [0.15, 0.2) is 0 Å². The van der Waals surface area contributed by atoms with Crippen LogP contribution in [-0.4, -0.2) is 48.0 Å². The number of carboxylic acids is 2. The maximum Gasteiger partial charge on any atom is 0.308 e. The van der Waals surface area contributed by atoms with Gasteiger partial charge < -0.3 is 10.2 Å². The van der Waals surface area contributed by atoms with Crippen LogP contribution in [-0.2, 0) is 19.6 Å². The minimum Gasteiger partial charge on any atom is -0.481 e. The highest BCUT2D eigenvalue weighted by molar-refractivity contribution is 14.1. The molecule has 2 N–H and O–H groups in total. The third kappa shape index (κ3) is 3.40. The zero-order valence-corrected chi connectivity index (χ0v) is 15.4. The second-order valence-electron chi connectivity index (χ2n) is 4.73. The van der Waals surface area contributed by atoms with Crippen LogP contribution < -0.4 is 0 Å². The first-order valence-corrected chi connectivity index (χ1v) is 9.76. The molecular weight excluding hydrogens is 469 g/mol. The lowest BCUT2D eigenvalue weighted by Crippen LogP contribution is -2.48. The van der Waals surface area contributed by atoms with Crippen molar-refractivity contribution in [3.8, 4) is 0 Å². The van der Waals surface area contributed by atoms with E-state index in [2.05, 4.69) is 0 Å². The number of carboxylic acid groups (broad SMARTS) is 2. The molecule has 0 bridgehead atoms. The Bertz CT molecular complexity index is 699. The van der Waals surface area contributed by atoms with Crippen LogP contribution in [0.25, 0.3) is 0 Å². The van der Waals surface area contributed by atoms with Crippen molar-refractivity contribution in [1.29, 1.82) is 0 Å². The van der Waals surface area contributed by atoms with Crippen molar-refractivity contribution in [3.05, 3.63) is 14.0 Å². The molecule has 0 spiro atoms. The fourth-order valence-corrected chi connectivity index (χ4v) is 6.66. The molecule has 1 aliphatic rings. The van der Waals surface area contributed by atoms with Gasteiger partial charge in [0.2, 0.25) is 0 Å². The molecule has 1 saturated heterocycles. The number of nitrogens with zero attached hydrogens (tertiary/aromatic N) is 1. The van der Waals surface area contributed by atoms with Crippen molar-refractivity contribution in [2.45, 2.75) is 10.6 Å². The summed E-state index contributed by atoms with van der Waals surface area (Å²) in [6.07, 6.45) is -0.0400. The molecule has 2 unspecified atom stereocenters. The maximum atomic E-state index is 12.5. The summed E-state index contributed by atoms with van der Waals surface area (Å²) in [4.78, 5) is 22.3. The highest BCUT2D eigenvalue weighted by Gasteiger charge is 2.42. The van der Waals surface area contributed by atoms with Gasteiger partial charge in [-0.3, -0.25) is 9.59 Å². The van der Waals surface area contributed by atoms with Gasteiger partial charge in [-0.05, 0) is 35.1 Å². The van der Waals surface area contributed by atoms with E-state index >= 15 is 0 Å². The molecule has 2 rings (SSSR count). The van der Waals surface area contributed by atoms with E-state index < -0.39 is 33.8 Å². The van der Waals surface area contributed by atoms with Gasteiger partial charge in [0.25, 0.3) is 10.0 Å². The predicted molar refractivity (Wildman–Crippen MR) is 87.7 cm³/mol. The lowest BCUT2D eigenvalue weighted by Gasteiger charge is -2.33. The van der Waals surface area contributed by atoms with Crippen molar-refractivity contribution in [3.63, 3.8) is 0 Å². The molecule has 1 aliphatic heterocycles. The Morgan fingerprint density at radius 2 is 1.91 bits per heavy atom. The van der Waals surface area contributed by atoms with Gasteiger partial charge in [0, 0.05) is 13.1 Å². The Labute approximate surface area is 149 Å². The predicted octanol–water partition coefficient (Wildman–Crippen LogP) is 1.80. The fraction of sp³-hybridized carbons (Fsp3) is 0.455. The second-order valence-corrected chi connectivity index (χ2v) is 10.2. The van der Waals surface area contributed by atoms with E-state index in [1.807, 2.05) is 22.6 Å². The molecule has 2 atom stereocenters. The number of rotatable bonds is 4. The van der Waals surface area contributed by atoms with Crippen LogP contribution in [0.1, 0.15) is 6.42 Å². The monoisotopic (exact) mass is 479 g/mol. The van der Waals surface area contributed by atoms with Crippen molar-refractivity contribution in [2.24, 2.45) is 11.8 Å². The van der Waals surface area contributed by atoms with Crippen molar-refractivity contribution < 1.29 is 28.2 Å². The Morgan fingerprint density at radius 1 is 1.32 bits per heavy atom. The average Bonchev–Trinajstić information content (AvgIpc) is 2.78. The first kappa shape index (κ1) is 17.9. The molecule has 0 aromatic carbocycles. The maximum absolute atomic E-state index is 12.5. The summed E-state index contributed by atoms with van der Waals surface area (Å²) < 4.78 is 26.7. The minimum atomic E-state index is -3.87. The number of sulfonamides is 1. The largest absolute Gasteiger partial charge is 0.481 e. The van der Waals surface area contributed by atoms with Crippen LogP contribution in [0.15, 0.2) is 10.3 Å². The van der Waals surface area contributed by atoms with E-state index in [4.69, 9.17) is 21.8 Å². The molecule has 1 aromatic heterocycles. The molecular formula is C11H11ClINO6S2. The summed E-state index contributed by atoms with van der Waals surface area (Å²) in [5.41, 5.74) is 0. The van der Waals surface area contributed by atoms with E-state index in [-0.39, 0.29) is 23.7 Å². The normalized spacial score (nSPS) is 23.4. The lowest BCUT2D eigenvalue weighted by atomic mass is 9.86. The highest BCUT2D eigenvalue weighted by Crippen LogP contribution is 2.35. The Hall–Kier alpha value is -0.430. The van der Waals surface area contributed by atoms with Crippen LogP contribution in [0, 0.1) is 14.7 Å². The molecule has 0 aliphatic carbocycles. The summed E-state index contributed by atoms with van der Waals surface area (Å²) in [6.45, 7) is -0.393. The molecule has 7 nitrogen and oxygen atoms in total. The molecule has 0 saturated carbocycles. The van der Waals surface area contributed by atoms with E-state index in [1.54, 1.807) is 0 Å². The van der Waals surface area contributed by atoms with Crippen LogP contribution in [0.5, 0.6) is 0 Å². The number of piperidine rings is 1. The van der Waals surface area contributed by atoms with Gasteiger partial charge in [-0.1, -0.05) is 11.6 Å². The van der Waals surface area contributed by atoms with Gasteiger partial charge >= 0.3 is 11.9 Å². The number of carbonyl (C=O) groups is 2. The van der Waals surface area contributed by atoms with E-state index in [0.717, 1.165) is 15.6 Å². The number of aliphatic carboxylic acids is 2. The van der Waals surface area contributed by atoms with Crippen molar-refractivity contribution in [2.75, 3.05) is 13.1 Å². The summed E-state index contributed by atoms with van der Waals surface area (Å²) in [5.74, 6) is -4.89. The highest BCUT2D eigenvalue weighted by atomic mass is 127. The quantitative estimate of drug-likeness (QED) is 0.637. The third-order valence-corrected chi connectivity index (χ3v) is 8.64. The Balaban J connectivity index is 2.30. The van der Waals surface area contributed by atoms with Gasteiger partial charge in [0.1, 0.15) is 4.21 Å². The van der Waals surface area contributed by atoms with Crippen LogP contribution in [0.4, 0.5) is 0 Å². The van der Waals surface area contributed by atoms with E-state index in [0.29, 0.717) is 7.91 Å². The van der Waals surface area contributed by atoms with Crippen LogP contribution in [0.3, 0.4) is 0 Å².